The van der Waals surface area contributed by atoms with Crippen LogP contribution < -0.4 is 26.0 Å². The van der Waals surface area contributed by atoms with E-state index in [0.717, 1.165) is 31.1 Å². The lowest BCUT2D eigenvalue weighted by atomic mass is 10.2. The van der Waals surface area contributed by atoms with Crippen LogP contribution in [0, 0.1) is 0 Å². The second-order valence-corrected chi connectivity index (χ2v) is 5.56. The lowest BCUT2D eigenvalue weighted by Gasteiger charge is -2.32. The summed E-state index contributed by atoms with van der Waals surface area (Å²) in [6, 6.07) is 0.683. The van der Waals surface area contributed by atoms with Crippen LogP contribution in [0.3, 0.4) is 0 Å². The molecule has 9 heteroatoms. The summed E-state index contributed by atoms with van der Waals surface area (Å²) in [7, 11) is 1.99. The molecule has 3 atom stereocenters. The highest BCUT2D eigenvalue weighted by Gasteiger charge is 2.32. The van der Waals surface area contributed by atoms with Crippen molar-refractivity contribution in [1.82, 2.24) is 15.3 Å². The Morgan fingerprint density at radius 1 is 1.32 bits per heavy atom. The molecule has 126 valence electrons. The zero-order chi connectivity index (χ0) is 14.3. The quantitative estimate of drug-likeness (QED) is 0.740. The standard InChI is InChI=1S/C13H22N6O.2ClH/c1-7-8(2)20-10-11(16-7)17-13(14)18-12(10)19-5-4-9(6-19)15-3;;/h7-9,15H,4-6H2,1-3H3,(H3,14,16,17,18);2*1H/t7-,8+,9+;;/m0../s1. The topological polar surface area (TPSA) is 88.3 Å². The van der Waals surface area contributed by atoms with Crippen LogP contribution in [0.15, 0.2) is 0 Å². The van der Waals surface area contributed by atoms with Crippen LogP contribution in [0.25, 0.3) is 0 Å². The maximum Gasteiger partial charge on any atom is 0.224 e. The minimum absolute atomic E-state index is 0. The Balaban J connectivity index is 0.00000121. The average molecular weight is 351 g/mol. The molecule has 0 aromatic carbocycles. The van der Waals surface area contributed by atoms with Crippen molar-refractivity contribution in [2.75, 3.05) is 36.1 Å². The fourth-order valence-electron chi connectivity index (χ4n) is 2.69. The highest BCUT2D eigenvalue weighted by Crippen LogP contribution is 2.39. The molecule has 4 N–H and O–H groups in total. The van der Waals surface area contributed by atoms with E-state index in [1.54, 1.807) is 0 Å². The van der Waals surface area contributed by atoms with E-state index >= 15 is 0 Å². The van der Waals surface area contributed by atoms with Crippen molar-refractivity contribution in [3.8, 4) is 5.75 Å². The molecule has 1 fully saturated rings. The number of hydrogen-bond acceptors (Lipinski definition) is 7. The largest absolute Gasteiger partial charge is 0.481 e. The van der Waals surface area contributed by atoms with Crippen LogP contribution in [-0.2, 0) is 0 Å². The molecule has 1 aromatic rings. The van der Waals surface area contributed by atoms with E-state index in [0.29, 0.717) is 11.9 Å². The van der Waals surface area contributed by atoms with Gasteiger partial charge in [-0.05, 0) is 27.3 Å². The Morgan fingerprint density at radius 3 is 2.68 bits per heavy atom. The first-order chi connectivity index (χ1) is 9.58. The number of nitrogens with zero attached hydrogens (tertiary/aromatic N) is 3. The molecular formula is C13H24Cl2N6O. The van der Waals surface area contributed by atoms with Gasteiger partial charge in [-0.3, -0.25) is 0 Å². The van der Waals surface area contributed by atoms with E-state index in [2.05, 4.69) is 32.4 Å². The number of nitrogen functional groups attached to an aromatic ring is 1. The second-order valence-electron chi connectivity index (χ2n) is 5.56. The van der Waals surface area contributed by atoms with Gasteiger partial charge in [0.1, 0.15) is 6.10 Å². The van der Waals surface area contributed by atoms with Crippen LogP contribution in [0.2, 0.25) is 0 Å². The summed E-state index contributed by atoms with van der Waals surface area (Å²) in [5.74, 6) is 2.51. The summed E-state index contributed by atoms with van der Waals surface area (Å²) in [6.45, 7) is 5.97. The van der Waals surface area contributed by atoms with Gasteiger partial charge in [0.05, 0.1) is 6.04 Å². The molecule has 1 aromatic heterocycles. The number of nitrogens with one attached hydrogen (secondary N) is 2. The van der Waals surface area contributed by atoms with E-state index in [9.17, 15) is 0 Å². The fraction of sp³-hybridized carbons (Fsp3) is 0.692. The number of nitrogens with two attached hydrogens (primary N) is 1. The lowest BCUT2D eigenvalue weighted by molar-refractivity contribution is 0.192. The number of fused-ring (bicyclic) bond motifs is 1. The van der Waals surface area contributed by atoms with E-state index < -0.39 is 0 Å². The van der Waals surface area contributed by atoms with Gasteiger partial charge in [-0.1, -0.05) is 0 Å². The molecule has 0 aliphatic carbocycles. The van der Waals surface area contributed by atoms with Gasteiger partial charge >= 0.3 is 0 Å². The summed E-state index contributed by atoms with van der Waals surface area (Å²) in [5, 5.41) is 6.64. The first-order valence-electron chi connectivity index (χ1n) is 7.11. The summed E-state index contributed by atoms with van der Waals surface area (Å²) < 4.78 is 6.01. The Morgan fingerprint density at radius 2 is 2.05 bits per heavy atom. The van der Waals surface area contributed by atoms with Crippen molar-refractivity contribution in [2.24, 2.45) is 0 Å². The van der Waals surface area contributed by atoms with E-state index in [1.807, 2.05) is 14.0 Å². The van der Waals surface area contributed by atoms with Crippen molar-refractivity contribution in [1.29, 1.82) is 0 Å². The van der Waals surface area contributed by atoms with Gasteiger partial charge < -0.3 is 26.0 Å². The summed E-state index contributed by atoms with van der Waals surface area (Å²) >= 11 is 0. The zero-order valence-electron chi connectivity index (χ0n) is 13.0. The molecule has 3 rings (SSSR count). The number of rotatable bonds is 2. The number of halogens is 2. The maximum atomic E-state index is 6.01. The fourth-order valence-corrected chi connectivity index (χ4v) is 2.69. The number of anilines is 3. The lowest BCUT2D eigenvalue weighted by Crippen LogP contribution is -2.39. The normalized spacial score (nSPS) is 26.1. The summed E-state index contributed by atoms with van der Waals surface area (Å²) in [4.78, 5) is 10.9. The zero-order valence-corrected chi connectivity index (χ0v) is 14.6. The van der Waals surface area contributed by atoms with Crippen LogP contribution in [0.1, 0.15) is 20.3 Å². The molecule has 0 spiro atoms. The molecule has 1 saturated heterocycles. The molecule has 0 radical (unpaired) electrons. The second kappa shape index (κ2) is 7.39. The third-order valence-corrected chi connectivity index (χ3v) is 4.13. The van der Waals surface area contributed by atoms with Crippen LogP contribution in [0.4, 0.5) is 17.6 Å². The smallest absolute Gasteiger partial charge is 0.224 e. The van der Waals surface area contributed by atoms with Gasteiger partial charge in [0.15, 0.2) is 11.6 Å². The number of likely N-dealkylation sites (N-methyl/N-ethyl adjacent to an activating group) is 1. The van der Waals surface area contributed by atoms with Crippen LogP contribution in [0.5, 0.6) is 5.75 Å². The van der Waals surface area contributed by atoms with Crippen LogP contribution in [-0.4, -0.2) is 48.3 Å². The Hall–Kier alpha value is -1.18. The van der Waals surface area contributed by atoms with E-state index in [4.69, 9.17) is 10.5 Å². The Labute approximate surface area is 143 Å². The van der Waals surface area contributed by atoms with Crippen molar-refractivity contribution in [2.45, 2.75) is 38.5 Å². The minimum atomic E-state index is 0. The van der Waals surface area contributed by atoms with Crippen molar-refractivity contribution < 1.29 is 4.74 Å². The molecular weight excluding hydrogens is 327 g/mol. The monoisotopic (exact) mass is 350 g/mol. The predicted octanol–water partition coefficient (Wildman–Crippen LogP) is 1.28. The molecule has 3 heterocycles. The molecule has 0 unspecified atom stereocenters. The third kappa shape index (κ3) is 3.42. The van der Waals surface area contributed by atoms with Crippen molar-refractivity contribution in [3.63, 3.8) is 0 Å². The van der Waals surface area contributed by atoms with E-state index in [-0.39, 0.29) is 42.9 Å². The van der Waals surface area contributed by atoms with Gasteiger partial charge in [-0.2, -0.15) is 9.97 Å². The molecule has 2 aliphatic heterocycles. The Kier molecular flexibility index (Phi) is 6.34. The van der Waals surface area contributed by atoms with Gasteiger partial charge in [-0.25, -0.2) is 0 Å². The van der Waals surface area contributed by atoms with Crippen LogP contribution >= 0.6 is 24.8 Å². The molecule has 0 saturated carbocycles. The first kappa shape index (κ1) is 18.9. The highest BCUT2D eigenvalue weighted by atomic mass is 35.5. The maximum absolute atomic E-state index is 6.01. The molecule has 2 aliphatic rings. The SMILES string of the molecule is CN[C@@H]1CCN(c2nc(N)nc3c2O[C@H](C)[C@H](C)N3)C1.Cl.Cl. The first-order valence-corrected chi connectivity index (χ1v) is 7.11. The molecule has 22 heavy (non-hydrogen) atoms. The molecule has 0 bridgehead atoms. The molecule has 0 amide bonds. The van der Waals surface area contributed by atoms with Gasteiger partial charge in [-0.15, -0.1) is 24.8 Å². The number of ether oxygens (including phenoxy) is 1. The van der Waals surface area contributed by atoms with Gasteiger partial charge in [0, 0.05) is 19.1 Å². The summed E-state index contributed by atoms with van der Waals surface area (Å²) in [5.41, 5.74) is 5.84. The van der Waals surface area contributed by atoms with Crippen molar-refractivity contribution in [3.05, 3.63) is 0 Å². The number of aromatic nitrogens is 2. The van der Waals surface area contributed by atoms with Crippen molar-refractivity contribution >= 4 is 42.4 Å². The average Bonchev–Trinajstić information content (AvgIpc) is 2.88. The molecule has 7 nitrogen and oxygen atoms in total. The Bertz CT molecular complexity index is 518. The van der Waals surface area contributed by atoms with Gasteiger partial charge in [0.2, 0.25) is 11.7 Å². The third-order valence-electron chi connectivity index (χ3n) is 4.13. The summed E-state index contributed by atoms with van der Waals surface area (Å²) in [6.07, 6.45) is 1.17. The number of hydrogen-bond donors (Lipinski definition) is 3. The minimum Gasteiger partial charge on any atom is -0.481 e. The van der Waals surface area contributed by atoms with E-state index in [1.165, 1.54) is 0 Å². The van der Waals surface area contributed by atoms with Gasteiger partial charge in [0.25, 0.3) is 0 Å². The highest BCUT2D eigenvalue weighted by molar-refractivity contribution is 5.85. The predicted molar refractivity (Wildman–Crippen MR) is 93.8 cm³/mol.